The Morgan fingerprint density at radius 1 is 1.11 bits per heavy atom. The van der Waals surface area contributed by atoms with Gasteiger partial charge in [0.05, 0.1) is 7.11 Å². The van der Waals surface area contributed by atoms with Crippen LogP contribution in [-0.4, -0.2) is 12.1 Å². The molecule has 0 fully saturated rings. The Balaban J connectivity index is 1.43. The van der Waals surface area contributed by atoms with E-state index in [1.54, 1.807) is 13.3 Å². The lowest BCUT2D eigenvalue weighted by atomic mass is 10.1. The molecule has 0 radical (unpaired) electrons. The molecule has 3 aromatic rings. The number of hydrogen-bond donors (Lipinski definition) is 1. The predicted octanol–water partition coefficient (Wildman–Crippen LogP) is 5.10. The number of nitrogens with one attached hydrogen (secondary N) is 1. The van der Waals surface area contributed by atoms with Crippen LogP contribution in [0.1, 0.15) is 34.7 Å². The van der Waals surface area contributed by atoms with Crippen LogP contribution in [0.3, 0.4) is 0 Å². The molecule has 1 aromatic heterocycles. The van der Waals surface area contributed by atoms with E-state index in [4.69, 9.17) is 21.1 Å². The van der Waals surface area contributed by atoms with Gasteiger partial charge in [-0.2, -0.15) is 0 Å². The van der Waals surface area contributed by atoms with Crippen molar-refractivity contribution in [1.29, 1.82) is 0 Å². The summed E-state index contributed by atoms with van der Waals surface area (Å²) in [4.78, 5) is 4.12. The maximum Gasteiger partial charge on any atom is 0.161 e. The van der Waals surface area contributed by atoms with E-state index in [0.29, 0.717) is 12.6 Å². The second-order valence-electron chi connectivity index (χ2n) is 6.95. The molecule has 0 spiro atoms. The van der Waals surface area contributed by atoms with Crippen molar-refractivity contribution in [2.45, 2.75) is 32.0 Å². The van der Waals surface area contributed by atoms with Crippen LogP contribution in [0.25, 0.3) is 0 Å². The number of aromatic nitrogens is 1. The highest BCUT2D eigenvalue weighted by Gasteiger charge is 2.22. The Bertz CT molecular complexity index is 947. The zero-order valence-corrected chi connectivity index (χ0v) is 16.6. The van der Waals surface area contributed by atoms with Gasteiger partial charge >= 0.3 is 0 Å². The van der Waals surface area contributed by atoms with Gasteiger partial charge in [0.15, 0.2) is 11.5 Å². The quantitative estimate of drug-likeness (QED) is 0.605. The van der Waals surface area contributed by atoms with Gasteiger partial charge in [-0.15, -0.1) is 0 Å². The highest BCUT2D eigenvalue weighted by atomic mass is 35.5. The van der Waals surface area contributed by atoms with Gasteiger partial charge in [0, 0.05) is 35.6 Å². The van der Waals surface area contributed by atoms with Crippen molar-refractivity contribution in [3.05, 3.63) is 88.2 Å². The molecule has 4 rings (SSSR count). The first-order valence-electron chi connectivity index (χ1n) is 9.43. The van der Waals surface area contributed by atoms with Crippen LogP contribution < -0.4 is 14.8 Å². The summed E-state index contributed by atoms with van der Waals surface area (Å²) in [6.45, 7) is 1.22. The maximum atomic E-state index is 6.11. The van der Waals surface area contributed by atoms with E-state index in [9.17, 15) is 0 Å². The van der Waals surface area contributed by atoms with Crippen molar-refractivity contribution in [3.63, 3.8) is 0 Å². The number of rotatable bonds is 7. The first-order valence-corrected chi connectivity index (χ1v) is 9.81. The average Bonchev–Trinajstić information content (AvgIpc) is 3.13. The number of benzene rings is 2. The fraction of sp³-hybridized carbons (Fsp3) is 0.261. The van der Waals surface area contributed by atoms with Gasteiger partial charge in [-0.1, -0.05) is 29.8 Å². The van der Waals surface area contributed by atoms with E-state index >= 15 is 0 Å². The fourth-order valence-corrected chi connectivity index (χ4v) is 3.82. The van der Waals surface area contributed by atoms with Gasteiger partial charge < -0.3 is 14.8 Å². The minimum Gasteiger partial charge on any atom is -0.493 e. The van der Waals surface area contributed by atoms with E-state index in [0.717, 1.165) is 47.0 Å². The Hall–Kier alpha value is -2.56. The molecule has 1 aliphatic carbocycles. The molecule has 2 aromatic carbocycles. The van der Waals surface area contributed by atoms with E-state index in [2.05, 4.69) is 28.5 Å². The second-order valence-corrected chi connectivity index (χ2v) is 7.39. The zero-order valence-electron chi connectivity index (χ0n) is 15.8. The molecule has 0 saturated heterocycles. The van der Waals surface area contributed by atoms with Crippen LogP contribution in [0.2, 0.25) is 5.02 Å². The van der Waals surface area contributed by atoms with Crippen LogP contribution in [-0.2, 0) is 19.6 Å². The smallest absolute Gasteiger partial charge is 0.161 e. The topological polar surface area (TPSA) is 43.4 Å². The lowest BCUT2D eigenvalue weighted by molar-refractivity contribution is 0.283. The monoisotopic (exact) mass is 394 g/mol. The number of nitrogens with zero attached hydrogens (tertiary/aromatic N) is 1. The molecule has 1 atom stereocenters. The number of aryl methyl sites for hydroxylation is 1. The Labute approximate surface area is 170 Å². The third-order valence-corrected chi connectivity index (χ3v) is 5.32. The standard InChI is InChI=1S/C23H23ClN2O2/c1-27-22-9-4-16(11-23(22)28-15-17-3-2-10-25-13-17)14-26-21-8-5-18-12-19(24)6-7-20(18)21/h2-4,6-7,9-13,21,26H,5,8,14-15H2,1H3. The molecule has 28 heavy (non-hydrogen) atoms. The molecule has 5 heteroatoms. The van der Waals surface area contributed by atoms with Crippen molar-refractivity contribution < 1.29 is 9.47 Å². The molecule has 0 aliphatic heterocycles. The molecule has 1 aliphatic rings. The second kappa shape index (κ2) is 8.63. The van der Waals surface area contributed by atoms with E-state index in [1.165, 1.54) is 11.1 Å². The molecular weight excluding hydrogens is 372 g/mol. The molecule has 1 N–H and O–H groups in total. The summed E-state index contributed by atoms with van der Waals surface area (Å²) in [6.07, 6.45) is 5.72. The SMILES string of the molecule is COc1ccc(CNC2CCc3cc(Cl)ccc32)cc1OCc1cccnc1. The van der Waals surface area contributed by atoms with E-state index in [1.807, 2.05) is 36.5 Å². The summed E-state index contributed by atoms with van der Waals surface area (Å²) < 4.78 is 11.4. The first kappa shape index (κ1) is 18.8. The summed E-state index contributed by atoms with van der Waals surface area (Å²) >= 11 is 6.11. The molecule has 0 saturated carbocycles. The minimum absolute atomic E-state index is 0.356. The van der Waals surface area contributed by atoms with Crippen molar-refractivity contribution in [2.24, 2.45) is 0 Å². The predicted molar refractivity (Wildman–Crippen MR) is 111 cm³/mol. The summed E-state index contributed by atoms with van der Waals surface area (Å²) in [6, 6.07) is 16.5. The Morgan fingerprint density at radius 3 is 2.86 bits per heavy atom. The lowest BCUT2D eigenvalue weighted by Crippen LogP contribution is -2.18. The fourth-order valence-electron chi connectivity index (χ4n) is 3.63. The van der Waals surface area contributed by atoms with Crippen molar-refractivity contribution >= 4 is 11.6 Å². The van der Waals surface area contributed by atoms with Crippen molar-refractivity contribution in [1.82, 2.24) is 10.3 Å². The summed E-state index contributed by atoms with van der Waals surface area (Å²) in [5.74, 6) is 1.47. The van der Waals surface area contributed by atoms with Crippen molar-refractivity contribution in [3.8, 4) is 11.5 Å². The summed E-state index contributed by atoms with van der Waals surface area (Å²) in [5, 5.41) is 4.47. The van der Waals surface area contributed by atoms with Gasteiger partial charge in [-0.3, -0.25) is 4.98 Å². The minimum atomic E-state index is 0.356. The first-order chi connectivity index (χ1) is 13.7. The number of methoxy groups -OCH3 is 1. The molecule has 1 heterocycles. The largest absolute Gasteiger partial charge is 0.493 e. The molecular formula is C23H23ClN2O2. The van der Waals surface area contributed by atoms with E-state index in [-0.39, 0.29) is 0 Å². The van der Waals surface area contributed by atoms with Gasteiger partial charge in [-0.05, 0) is 59.9 Å². The summed E-state index contributed by atoms with van der Waals surface area (Å²) in [7, 11) is 1.66. The van der Waals surface area contributed by atoms with E-state index < -0.39 is 0 Å². The Morgan fingerprint density at radius 2 is 2.04 bits per heavy atom. The van der Waals surface area contributed by atoms with Crippen LogP contribution in [0.5, 0.6) is 11.5 Å². The molecule has 0 amide bonds. The van der Waals surface area contributed by atoms with Crippen LogP contribution >= 0.6 is 11.6 Å². The van der Waals surface area contributed by atoms with Crippen LogP contribution in [0.4, 0.5) is 0 Å². The zero-order chi connectivity index (χ0) is 19.3. The number of hydrogen-bond acceptors (Lipinski definition) is 4. The third kappa shape index (κ3) is 4.29. The number of fused-ring (bicyclic) bond motifs is 1. The molecule has 0 bridgehead atoms. The van der Waals surface area contributed by atoms with Crippen LogP contribution in [0.15, 0.2) is 60.9 Å². The number of halogens is 1. The van der Waals surface area contributed by atoms with Gasteiger partial charge in [0.1, 0.15) is 6.61 Å². The maximum absolute atomic E-state index is 6.11. The van der Waals surface area contributed by atoms with Gasteiger partial charge in [0.25, 0.3) is 0 Å². The molecule has 1 unspecified atom stereocenters. The normalized spacial score (nSPS) is 15.3. The van der Waals surface area contributed by atoms with Crippen LogP contribution in [0, 0.1) is 0 Å². The molecule has 144 valence electrons. The summed E-state index contributed by atoms with van der Waals surface area (Å²) in [5.41, 5.74) is 4.88. The molecule has 4 nitrogen and oxygen atoms in total. The number of ether oxygens (including phenoxy) is 2. The lowest BCUT2D eigenvalue weighted by Gasteiger charge is -2.16. The highest BCUT2D eigenvalue weighted by Crippen LogP contribution is 2.34. The van der Waals surface area contributed by atoms with Gasteiger partial charge in [-0.25, -0.2) is 0 Å². The van der Waals surface area contributed by atoms with Crippen molar-refractivity contribution in [2.75, 3.05) is 7.11 Å². The van der Waals surface area contributed by atoms with Gasteiger partial charge in [0.2, 0.25) is 0 Å². The third-order valence-electron chi connectivity index (χ3n) is 5.08. The average molecular weight is 395 g/mol. The highest BCUT2D eigenvalue weighted by molar-refractivity contribution is 6.30. The Kier molecular flexibility index (Phi) is 5.79. The number of pyridine rings is 1.